The molecule has 0 unspecified atom stereocenters. The highest BCUT2D eigenvalue weighted by Gasteiger charge is 2.13. The van der Waals surface area contributed by atoms with E-state index in [1.165, 1.54) is 13.2 Å². The lowest BCUT2D eigenvalue weighted by Crippen LogP contribution is -2.15. The first-order valence-electron chi connectivity index (χ1n) is 9.03. The molecule has 0 spiro atoms. The number of carbonyl (C=O) groups is 2. The average molecular weight is 429 g/mol. The summed E-state index contributed by atoms with van der Waals surface area (Å²) in [5.74, 6) is -0.391. The zero-order valence-corrected chi connectivity index (χ0v) is 17.6. The number of ether oxygens (including phenoxy) is 3. The number of nitriles is 1. The smallest absolute Gasteiger partial charge is 0.344 e. The van der Waals surface area contributed by atoms with Crippen LogP contribution in [0.1, 0.15) is 18.1 Å². The number of hydrogen-bond donors (Lipinski definition) is 1. The summed E-state index contributed by atoms with van der Waals surface area (Å²) in [5, 5.41) is 12.6. The Morgan fingerprint density at radius 1 is 1.20 bits per heavy atom. The fraction of sp³-hybridized carbons (Fsp3) is 0.227. The van der Waals surface area contributed by atoms with E-state index >= 15 is 0 Å². The molecule has 2 aromatic rings. The monoisotopic (exact) mass is 428 g/mol. The van der Waals surface area contributed by atoms with Crippen LogP contribution in [0.15, 0.2) is 42.0 Å². The standard InChI is InChI=1S/C22H21ClN2O5/c1-4-29-21(26)13-30-19-8-6-15(10-20(19)28-3)9-16(12-24)22(27)25-17-7-5-14(2)18(23)11-17/h5-11H,4,13H2,1-3H3,(H,25,27)/b16-9+. The quantitative estimate of drug-likeness (QED) is 0.385. The Bertz CT molecular complexity index is 1010. The van der Waals surface area contributed by atoms with Crippen molar-refractivity contribution in [2.75, 3.05) is 25.6 Å². The van der Waals surface area contributed by atoms with Gasteiger partial charge in [-0.25, -0.2) is 4.79 Å². The fourth-order valence-corrected chi connectivity index (χ4v) is 2.60. The minimum absolute atomic E-state index is 0.103. The van der Waals surface area contributed by atoms with Gasteiger partial charge in [-0.3, -0.25) is 4.79 Å². The number of aryl methyl sites for hydroxylation is 1. The minimum Gasteiger partial charge on any atom is -0.493 e. The summed E-state index contributed by atoms with van der Waals surface area (Å²) < 4.78 is 15.5. The first-order valence-corrected chi connectivity index (χ1v) is 9.41. The van der Waals surface area contributed by atoms with Crippen molar-refractivity contribution in [1.82, 2.24) is 0 Å². The molecule has 1 amide bonds. The molecule has 0 aliphatic heterocycles. The van der Waals surface area contributed by atoms with Gasteiger partial charge in [-0.2, -0.15) is 5.26 Å². The largest absolute Gasteiger partial charge is 0.493 e. The summed E-state index contributed by atoms with van der Waals surface area (Å²) in [5.41, 5.74) is 1.80. The Labute approximate surface area is 179 Å². The summed E-state index contributed by atoms with van der Waals surface area (Å²) in [6.45, 7) is 3.55. The molecule has 0 aliphatic rings. The SMILES string of the molecule is CCOC(=O)COc1ccc(/C=C(\C#N)C(=O)Nc2ccc(C)c(Cl)c2)cc1OC. The zero-order valence-electron chi connectivity index (χ0n) is 16.8. The molecule has 1 N–H and O–H groups in total. The van der Waals surface area contributed by atoms with E-state index in [4.69, 9.17) is 25.8 Å². The van der Waals surface area contributed by atoms with Crippen molar-refractivity contribution < 1.29 is 23.8 Å². The van der Waals surface area contributed by atoms with E-state index in [2.05, 4.69) is 5.32 Å². The molecule has 0 saturated carbocycles. The van der Waals surface area contributed by atoms with E-state index in [1.807, 2.05) is 13.0 Å². The predicted octanol–water partition coefficient (Wildman–Crippen LogP) is 4.14. The normalized spacial score (nSPS) is 10.7. The van der Waals surface area contributed by atoms with E-state index < -0.39 is 11.9 Å². The maximum Gasteiger partial charge on any atom is 0.344 e. The van der Waals surface area contributed by atoms with Crippen molar-refractivity contribution >= 4 is 35.2 Å². The molecule has 7 nitrogen and oxygen atoms in total. The van der Waals surface area contributed by atoms with Crippen LogP contribution >= 0.6 is 11.6 Å². The molecule has 156 valence electrons. The van der Waals surface area contributed by atoms with Gasteiger partial charge >= 0.3 is 5.97 Å². The molecule has 30 heavy (non-hydrogen) atoms. The van der Waals surface area contributed by atoms with Gasteiger partial charge in [-0.1, -0.05) is 23.7 Å². The highest BCUT2D eigenvalue weighted by Crippen LogP contribution is 2.29. The van der Waals surface area contributed by atoms with E-state index in [1.54, 1.807) is 43.3 Å². The van der Waals surface area contributed by atoms with Crippen LogP contribution in [0.3, 0.4) is 0 Å². The Morgan fingerprint density at radius 2 is 1.97 bits per heavy atom. The number of hydrogen-bond acceptors (Lipinski definition) is 6. The number of anilines is 1. The number of esters is 1. The third-order valence-corrected chi connectivity index (χ3v) is 4.35. The van der Waals surface area contributed by atoms with E-state index in [0.717, 1.165) is 5.56 Å². The Kier molecular flexibility index (Phi) is 8.27. The lowest BCUT2D eigenvalue weighted by atomic mass is 10.1. The first-order chi connectivity index (χ1) is 14.4. The molecule has 0 aromatic heterocycles. The number of amides is 1. The first kappa shape index (κ1) is 22.8. The van der Waals surface area contributed by atoms with Gasteiger partial charge in [0.05, 0.1) is 13.7 Å². The van der Waals surface area contributed by atoms with Gasteiger partial charge in [0.1, 0.15) is 11.6 Å². The zero-order chi connectivity index (χ0) is 22.1. The Hall–Kier alpha value is -3.50. The molecule has 0 saturated heterocycles. The second-order valence-electron chi connectivity index (χ2n) is 6.09. The molecule has 0 heterocycles. The van der Waals surface area contributed by atoms with Crippen LogP contribution < -0.4 is 14.8 Å². The third-order valence-electron chi connectivity index (χ3n) is 3.94. The second kappa shape index (κ2) is 10.9. The number of methoxy groups -OCH3 is 1. The topological polar surface area (TPSA) is 97.7 Å². The Morgan fingerprint density at radius 3 is 2.60 bits per heavy atom. The summed E-state index contributed by atoms with van der Waals surface area (Å²) >= 11 is 6.07. The minimum atomic E-state index is -0.570. The van der Waals surface area contributed by atoms with E-state index in [0.29, 0.717) is 27.8 Å². The highest BCUT2D eigenvalue weighted by atomic mass is 35.5. The number of nitrogens with zero attached hydrogens (tertiary/aromatic N) is 1. The van der Waals surface area contributed by atoms with Gasteiger partial charge in [-0.15, -0.1) is 0 Å². The lowest BCUT2D eigenvalue weighted by molar-refractivity contribution is -0.145. The van der Waals surface area contributed by atoms with Crippen LogP contribution in [0.5, 0.6) is 11.5 Å². The number of benzene rings is 2. The molecular weight excluding hydrogens is 408 g/mol. The van der Waals surface area contributed by atoms with Crippen molar-refractivity contribution in [2.45, 2.75) is 13.8 Å². The number of carbonyl (C=O) groups excluding carboxylic acids is 2. The molecule has 0 bridgehead atoms. The van der Waals surface area contributed by atoms with Gasteiger partial charge in [0.15, 0.2) is 18.1 Å². The van der Waals surface area contributed by atoms with Gasteiger partial charge < -0.3 is 19.5 Å². The molecule has 2 rings (SSSR count). The maximum absolute atomic E-state index is 12.5. The number of nitrogens with one attached hydrogen (secondary N) is 1. The van der Waals surface area contributed by atoms with Crippen LogP contribution in [0, 0.1) is 18.3 Å². The van der Waals surface area contributed by atoms with Crippen LogP contribution in [-0.4, -0.2) is 32.2 Å². The summed E-state index contributed by atoms with van der Waals surface area (Å²) in [6, 6.07) is 11.8. The van der Waals surface area contributed by atoms with Crippen LogP contribution in [0.2, 0.25) is 5.02 Å². The van der Waals surface area contributed by atoms with E-state index in [-0.39, 0.29) is 18.8 Å². The number of rotatable bonds is 8. The summed E-state index contributed by atoms with van der Waals surface area (Å²) in [4.78, 5) is 23.9. The van der Waals surface area contributed by atoms with E-state index in [9.17, 15) is 14.9 Å². The molecule has 0 fully saturated rings. The molecule has 2 aromatic carbocycles. The maximum atomic E-state index is 12.5. The van der Waals surface area contributed by atoms with Crippen LogP contribution in [0.25, 0.3) is 6.08 Å². The molecular formula is C22H21ClN2O5. The highest BCUT2D eigenvalue weighted by molar-refractivity contribution is 6.31. The number of halogens is 1. The van der Waals surface area contributed by atoms with Crippen molar-refractivity contribution in [1.29, 1.82) is 5.26 Å². The van der Waals surface area contributed by atoms with Gasteiger partial charge in [-0.05, 0) is 55.3 Å². The summed E-state index contributed by atoms with van der Waals surface area (Å²) in [6.07, 6.45) is 1.42. The molecule has 0 atom stereocenters. The van der Waals surface area contributed by atoms with Gasteiger partial charge in [0.25, 0.3) is 5.91 Å². The fourth-order valence-electron chi connectivity index (χ4n) is 2.42. The second-order valence-corrected chi connectivity index (χ2v) is 6.50. The van der Waals surface area contributed by atoms with Crippen LogP contribution in [-0.2, 0) is 14.3 Å². The molecule has 8 heteroatoms. The van der Waals surface area contributed by atoms with Crippen LogP contribution in [0.4, 0.5) is 5.69 Å². The van der Waals surface area contributed by atoms with Crippen molar-refractivity contribution in [3.8, 4) is 17.6 Å². The van der Waals surface area contributed by atoms with Crippen molar-refractivity contribution in [2.24, 2.45) is 0 Å². The summed E-state index contributed by atoms with van der Waals surface area (Å²) in [7, 11) is 1.44. The molecule has 0 aliphatic carbocycles. The molecule has 0 radical (unpaired) electrons. The lowest BCUT2D eigenvalue weighted by Gasteiger charge is -2.11. The van der Waals surface area contributed by atoms with Crippen molar-refractivity contribution in [3.05, 3.63) is 58.1 Å². The van der Waals surface area contributed by atoms with Gasteiger partial charge in [0.2, 0.25) is 0 Å². The van der Waals surface area contributed by atoms with Gasteiger partial charge in [0, 0.05) is 10.7 Å². The third kappa shape index (κ3) is 6.26. The van der Waals surface area contributed by atoms with Crippen molar-refractivity contribution in [3.63, 3.8) is 0 Å². The Balaban J connectivity index is 2.17. The average Bonchev–Trinajstić information content (AvgIpc) is 2.73. The predicted molar refractivity (Wildman–Crippen MR) is 114 cm³/mol.